The average molecular weight is 649 g/mol. The molecular weight excluding hydrogens is 606 g/mol. The number of aromatic nitrogens is 3. The summed E-state index contributed by atoms with van der Waals surface area (Å²) in [5.74, 6) is 0.478. The first-order valence-electron chi connectivity index (χ1n) is 16.5. The number of rotatable bonds is 8. The largest absolute Gasteiger partial charge is 0.494 e. The fraction of sp³-hybridized carbons (Fsp3) is 0.514. The molecule has 10 nitrogen and oxygen atoms in total. The molecule has 7 rings (SSSR count). The summed E-state index contributed by atoms with van der Waals surface area (Å²) in [5, 5.41) is 5.82. The Morgan fingerprint density at radius 1 is 1.02 bits per heavy atom. The van der Waals surface area contributed by atoms with E-state index in [1.54, 1.807) is 36.0 Å². The Balaban J connectivity index is 1.30. The van der Waals surface area contributed by atoms with E-state index in [1.165, 1.54) is 12.0 Å². The molecule has 2 saturated heterocycles. The zero-order valence-corrected chi connectivity index (χ0v) is 27.2. The fourth-order valence-corrected chi connectivity index (χ4v) is 7.54. The lowest BCUT2D eigenvalue weighted by Crippen LogP contribution is -2.50. The molecular formula is C35H42F2N6O4. The molecule has 47 heavy (non-hydrogen) atoms. The van der Waals surface area contributed by atoms with Crippen molar-refractivity contribution in [1.29, 1.82) is 0 Å². The van der Waals surface area contributed by atoms with Crippen LogP contribution in [0.1, 0.15) is 59.5 Å². The Kier molecular flexibility index (Phi) is 8.42. The van der Waals surface area contributed by atoms with Crippen LogP contribution in [0.4, 0.5) is 8.78 Å². The average Bonchev–Trinajstić information content (AvgIpc) is 3.72. The molecule has 1 aliphatic carbocycles. The first-order chi connectivity index (χ1) is 22.6. The van der Waals surface area contributed by atoms with Gasteiger partial charge in [0.05, 0.1) is 30.4 Å². The van der Waals surface area contributed by atoms with Crippen LogP contribution in [0.5, 0.6) is 5.75 Å². The molecule has 12 heteroatoms. The number of alkyl halides is 1. The maximum Gasteiger partial charge on any atom is 0.255 e. The summed E-state index contributed by atoms with van der Waals surface area (Å²) in [6, 6.07) is 6.54. The van der Waals surface area contributed by atoms with Gasteiger partial charge in [-0.05, 0) is 80.7 Å². The number of halogens is 2. The number of hydrogen-bond acceptors (Lipinski definition) is 6. The van der Waals surface area contributed by atoms with Crippen LogP contribution in [-0.4, -0.2) is 95.0 Å². The molecule has 0 spiro atoms. The van der Waals surface area contributed by atoms with Gasteiger partial charge in [0.2, 0.25) is 5.91 Å². The number of piperidine rings is 2. The predicted molar refractivity (Wildman–Crippen MR) is 174 cm³/mol. The van der Waals surface area contributed by atoms with E-state index < -0.39 is 12.2 Å². The summed E-state index contributed by atoms with van der Waals surface area (Å²) < 4.78 is 44.3. The van der Waals surface area contributed by atoms with E-state index in [4.69, 9.17) is 20.3 Å². The van der Waals surface area contributed by atoms with Crippen molar-refractivity contribution in [3.05, 3.63) is 53.0 Å². The number of nitrogens with zero attached hydrogens (tertiary/aromatic N) is 5. The van der Waals surface area contributed by atoms with Gasteiger partial charge < -0.3 is 29.6 Å². The van der Waals surface area contributed by atoms with Crippen molar-refractivity contribution in [1.82, 2.24) is 24.0 Å². The molecule has 4 aromatic rings. The SMILES string of the molecule is COCC(=O)N1CCC(c2cc(F)cc3cc(-c4nn5cc(C(=O)N6C[C@H](N)C[C@@H](F)C6)cc(OC)c5c4C)n(CC4CC4)c23)CC1. The molecule has 3 fully saturated rings. The summed E-state index contributed by atoms with van der Waals surface area (Å²) in [6.45, 7) is 4.31. The Labute approximate surface area is 272 Å². The highest BCUT2D eigenvalue weighted by molar-refractivity contribution is 5.96. The zero-order valence-electron chi connectivity index (χ0n) is 27.2. The molecule has 2 aliphatic heterocycles. The third-order valence-corrected chi connectivity index (χ3v) is 10.0. The lowest BCUT2D eigenvalue weighted by Gasteiger charge is -2.33. The number of methoxy groups -OCH3 is 2. The van der Waals surface area contributed by atoms with Crippen molar-refractivity contribution < 1.29 is 27.8 Å². The monoisotopic (exact) mass is 648 g/mol. The molecule has 2 amide bonds. The third-order valence-electron chi connectivity index (χ3n) is 10.0. The number of likely N-dealkylation sites (tertiary alicyclic amines) is 2. The summed E-state index contributed by atoms with van der Waals surface area (Å²) in [6.07, 6.45) is 4.50. The van der Waals surface area contributed by atoms with Crippen molar-refractivity contribution in [2.45, 2.75) is 63.7 Å². The van der Waals surface area contributed by atoms with E-state index in [-0.39, 0.29) is 49.7 Å². The van der Waals surface area contributed by atoms with Gasteiger partial charge in [-0.2, -0.15) is 5.10 Å². The van der Waals surface area contributed by atoms with E-state index in [0.717, 1.165) is 71.2 Å². The molecule has 2 N–H and O–H groups in total. The van der Waals surface area contributed by atoms with Crippen LogP contribution in [0.25, 0.3) is 27.8 Å². The summed E-state index contributed by atoms with van der Waals surface area (Å²) >= 11 is 0. The number of amides is 2. The minimum Gasteiger partial charge on any atom is -0.494 e. The van der Waals surface area contributed by atoms with Gasteiger partial charge in [-0.1, -0.05) is 0 Å². The normalized spacial score (nSPS) is 20.8. The Bertz CT molecular complexity index is 1830. The molecule has 0 bridgehead atoms. The molecule has 2 atom stereocenters. The highest BCUT2D eigenvalue weighted by Gasteiger charge is 2.32. The molecule has 3 aromatic heterocycles. The van der Waals surface area contributed by atoms with Crippen LogP contribution in [0, 0.1) is 18.7 Å². The molecule has 250 valence electrons. The minimum atomic E-state index is -1.17. The lowest BCUT2D eigenvalue weighted by atomic mass is 9.88. The van der Waals surface area contributed by atoms with E-state index in [0.29, 0.717) is 30.3 Å². The topological polar surface area (TPSA) is 107 Å². The number of hydrogen-bond donors (Lipinski definition) is 1. The zero-order chi connectivity index (χ0) is 33.0. The van der Waals surface area contributed by atoms with E-state index in [2.05, 4.69) is 4.57 Å². The smallest absolute Gasteiger partial charge is 0.255 e. The second kappa shape index (κ2) is 12.5. The number of pyridine rings is 1. The van der Waals surface area contributed by atoms with Crippen molar-refractivity contribution in [2.75, 3.05) is 47.0 Å². The van der Waals surface area contributed by atoms with E-state index >= 15 is 4.39 Å². The predicted octanol–water partition coefficient (Wildman–Crippen LogP) is 4.69. The number of benzene rings is 1. The van der Waals surface area contributed by atoms with Crippen LogP contribution in [0.15, 0.2) is 30.5 Å². The molecule has 0 radical (unpaired) electrons. The number of carbonyl (C=O) groups is 2. The summed E-state index contributed by atoms with van der Waals surface area (Å²) in [7, 11) is 3.07. The van der Waals surface area contributed by atoms with Crippen molar-refractivity contribution in [2.24, 2.45) is 11.7 Å². The molecule has 0 unspecified atom stereocenters. The summed E-state index contributed by atoms with van der Waals surface area (Å²) in [4.78, 5) is 29.2. The Morgan fingerprint density at radius 3 is 2.47 bits per heavy atom. The number of fused-ring (bicyclic) bond motifs is 2. The molecule has 1 saturated carbocycles. The lowest BCUT2D eigenvalue weighted by molar-refractivity contribution is -0.136. The van der Waals surface area contributed by atoms with Gasteiger partial charge in [-0.3, -0.25) is 9.59 Å². The van der Waals surface area contributed by atoms with Gasteiger partial charge in [0.1, 0.15) is 35.6 Å². The van der Waals surface area contributed by atoms with Crippen LogP contribution in [0.3, 0.4) is 0 Å². The second-order valence-corrected chi connectivity index (χ2v) is 13.5. The molecule has 3 aliphatic rings. The molecule has 1 aromatic carbocycles. The first-order valence-corrected chi connectivity index (χ1v) is 16.5. The number of ether oxygens (including phenoxy) is 2. The standard InChI is InChI=1S/C35H42F2N6O4/c1-20-32(39-43-16-24(12-30(47-3)33(20)43)35(45)41-17-26(37)13-27(38)18-41)29-11-23-10-25(36)14-28(34(23)42(29)15-21-4-5-21)22-6-8-40(9-7-22)31(44)19-46-2/h10-12,14,16,21-22,26-27H,4-9,13,15,17-19,38H2,1-3H3/t26-,27-/m1/s1. The van der Waals surface area contributed by atoms with Crippen LogP contribution < -0.4 is 10.5 Å². The van der Waals surface area contributed by atoms with Gasteiger partial charge in [0.15, 0.2) is 0 Å². The second-order valence-electron chi connectivity index (χ2n) is 13.5. The maximum atomic E-state index is 15.2. The number of aryl methyl sites for hydroxylation is 1. The molecule has 5 heterocycles. The first kappa shape index (κ1) is 31.6. The van der Waals surface area contributed by atoms with Crippen molar-refractivity contribution >= 4 is 28.2 Å². The fourth-order valence-electron chi connectivity index (χ4n) is 7.54. The van der Waals surface area contributed by atoms with Gasteiger partial charge in [-0.15, -0.1) is 0 Å². The quantitative estimate of drug-likeness (QED) is 0.297. The number of nitrogens with two attached hydrogens (primary N) is 1. The highest BCUT2D eigenvalue weighted by Crippen LogP contribution is 2.42. The Hall–Kier alpha value is -4.03. The Morgan fingerprint density at radius 2 is 1.79 bits per heavy atom. The van der Waals surface area contributed by atoms with Gasteiger partial charge in [0.25, 0.3) is 5.91 Å². The third kappa shape index (κ3) is 5.97. The van der Waals surface area contributed by atoms with Gasteiger partial charge in [-0.25, -0.2) is 13.3 Å². The minimum absolute atomic E-state index is 0.00107. The van der Waals surface area contributed by atoms with Gasteiger partial charge >= 0.3 is 0 Å². The van der Waals surface area contributed by atoms with Crippen LogP contribution in [0.2, 0.25) is 0 Å². The highest BCUT2D eigenvalue weighted by atomic mass is 19.1. The number of carbonyl (C=O) groups excluding carboxylic acids is 2. The van der Waals surface area contributed by atoms with Crippen molar-refractivity contribution in [3.63, 3.8) is 0 Å². The maximum absolute atomic E-state index is 15.2. The van der Waals surface area contributed by atoms with Gasteiger partial charge in [0, 0.05) is 56.5 Å². The van der Waals surface area contributed by atoms with Crippen LogP contribution >= 0.6 is 0 Å². The van der Waals surface area contributed by atoms with Crippen molar-refractivity contribution in [3.8, 4) is 17.1 Å². The van der Waals surface area contributed by atoms with E-state index in [1.807, 2.05) is 17.9 Å². The van der Waals surface area contributed by atoms with E-state index in [9.17, 15) is 14.0 Å². The summed E-state index contributed by atoms with van der Waals surface area (Å²) in [5.41, 5.74) is 11.5. The van der Waals surface area contributed by atoms with Crippen LogP contribution in [-0.2, 0) is 16.1 Å².